The summed E-state index contributed by atoms with van der Waals surface area (Å²) in [6.07, 6.45) is 7.78. The monoisotopic (exact) mass is 837 g/mol. The second kappa shape index (κ2) is 19.7. The van der Waals surface area contributed by atoms with Gasteiger partial charge in [-0.05, 0) is 31.0 Å². The van der Waals surface area contributed by atoms with E-state index in [9.17, 15) is 14.4 Å². The lowest BCUT2D eigenvalue weighted by Crippen LogP contribution is -2.47. The lowest BCUT2D eigenvalue weighted by molar-refractivity contribution is -0.125. The van der Waals surface area contributed by atoms with Gasteiger partial charge in [-0.2, -0.15) is 15.1 Å². The minimum Gasteiger partial charge on any atom is -0.424 e. The highest BCUT2D eigenvalue weighted by Gasteiger charge is 2.23. The number of unbranched alkanes of at least 4 members (excludes halogenated alkanes) is 1. The molecule has 0 radical (unpaired) electrons. The fourth-order valence-corrected chi connectivity index (χ4v) is 6.59. The van der Waals surface area contributed by atoms with Crippen molar-refractivity contribution in [2.75, 3.05) is 93.2 Å². The van der Waals surface area contributed by atoms with Crippen molar-refractivity contribution in [3.8, 4) is 11.3 Å². The zero-order valence-electron chi connectivity index (χ0n) is 33.5. The summed E-state index contributed by atoms with van der Waals surface area (Å²) in [5.41, 5.74) is 22.2. The molecule has 0 unspecified atom stereocenters. The molecule has 1 aromatic carbocycles. The first-order valence-electron chi connectivity index (χ1n) is 19.6. The Balaban J connectivity index is 0.765. The van der Waals surface area contributed by atoms with Crippen molar-refractivity contribution < 1.29 is 28.3 Å². The maximum absolute atomic E-state index is 12.8. The molecule has 0 atom stereocenters. The molecule has 6 aromatic rings. The second-order valence-electron chi connectivity index (χ2n) is 14.0. The summed E-state index contributed by atoms with van der Waals surface area (Å²) in [7, 11) is 1.46. The lowest BCUT2D eigenvalue weighted by Gasteiger charge is -2.34. The molecule has 6 heterocycles. The van der Waals surface area contributed by atoms with Crippen LogP contribution in [0.1, 0.15) is 35.2 Å². The number of ether oxygens (including phenoxy) is 2. The minimum atomic E-state index is -0.428. The fraction of sp³-hybridized carbons (Fsp3) is 0.395. The summed E-state index contributed by atoms with van der Waals surface area (Å²) >= 11 is 0. The number of nitrogen functional groups attached to an aromatic ring is 3. The van der Waals surface area contributed by atoms with Crippen LogP contribution in [-0.4, -0.2) is 129 Å². The van der Waals surface area contributed by atoms with Crippen LogP contribution in [0.15, 0.2) is 47.5 Å². The first-order chi connectivity index (χ1) is 29.7. The van der Waals surface area contributed by atoms with Crippen molar-refractivity contribution in [1.82, 2.24) is 60.6 Å². The van der Waals surface area contributed by atoms with Gasteiger partial charge in [0.25, 0.3) is 11.9 Å². The number of anilines is 5. The van der Waals surface area contributed by atoms with E-state index in [4.69, 9.17) is 36.2 Å². The quantitative estimate of drug-likeness (QED) is 0.0597. The molecule has 0 saturated carbocycles. The van der Waals surface area contributed by atoms with Crippen LogP contribution in [0, 0.1) is 0 Å². The number of hydrogen-bond donors (Lipinski definition) is 6. The molecule has 0 bridgehead atoms. The molecule has 23 heteroatoms. The number of fused-ring (bicyclic) bond motifs is 2. The van der Waals surface area contributed by atoms with Gasteiger partial charge in [0.2, 0.25) is 23.7 Å². The van der Waals surface area contributed by atoms with E-state index >= 15 is 0 Å². The number of piperazine rings is 1. The maximum Gasteiger partial charge on any atom is 0.292 e. The summed E-state index contributed by atoms with van der Waals surface area (Å²) in [4.78, 5) is 71.3. The number of methoxy groups -OCH3 is 1. The molecule has 7 rings (SSSR count). The van der Waals surface area contributed by atoms with Gasteiger partial charge in [-0.1, -0.05) is 0 Å². The summed E-state index contributed by atoms with van der Waals surface area (Å²) in [5, 5.41) is 13.8. The number of rotatable bonds is 19. The van der Waals surface area contributed by atoms with Crippen LogP contribution in [0.4, 0.5) is 29.5 Å². The molecule has 61 heavy (non-hydrogen) atoms. The zero-order chi connectivity index (χ0) is 42.7. The van der Waals surface area contributed by atoms with E-state index in [1.165, 1.54) is 19.6 Å². The van der Waals surface area contributed by atoms with Gasteiger partial charge >= 0.3 is 0 Å². The third-order valence-corrected chi connectivity index (χ3v) is 9.71. The van der Waals surface area contributed by atoms with Gasteiger partial charge < -0.3 is 56.8 Å². The average molecular weight is 838 g/mol. The third-order valence-electron chi connectivity index (χ3n) is 9.71. The first-order valence-corrected chi connectivity index (χ1v) is 19.6. The smallest absolute Gasteiger partial charge is 0.292 e. The molecular weight excluding hydrogens is 791 g/mol. The Morgan fingerprint density at radius 1 is 0.820 bits per heavy atom. The Morgan fingerprint density at radius 2 is 1.59 bits per heavy atom. The van der Waals surface area contributed by atoms with Crippen LogP contribution >= 0.6 is 0 Å². The van der Waals surface area contributed by atoms with Crippen molar-refractivity contribution >= 4 is 69.4 Å². The Kier molecular flexibility index (Phi) is 13.5. The van der Waals surface area contributed by atoms with Crippen LogP contribution in [-0.2, 0) is 32.2 Å². The van der Waals surface area contributed by atoms with Crippen molar-refractivity contribution in [1.29, 1.82) is 0 Å². The van der Waals surface area contributed by atoms with E-state index in [2.05, 4.69) is 50.8 Å². The molecule has 0 spiro atoms. The van der Waals surface area contributed by atoms with Crippen molar-refractivity contribution in [3.05, 3.63) is 54.2 Å². The van der Waals surface area contributed by atoms with Gasteiger partial charge in [0.1, 0.15) is 35.8 Å². The molecule has 320 valence electrons. The molecule has 23 nitrogen and oxygen atoms in total. The van der Waals surface area contributed by atoms with Crippen molar-refractivity contribution in [2.45, 2.75) is 32.4 Å². The van der Waals surface area contributed by atoms with Gasteiger partial charge in [0.15, 0.2) is 11.2 Å². The molecule has 3 amide bonds. The normalized spacial score (nSPS) is 12.9. The standard InChI is InChI=1S/C38H47N17O6/c1-59-21-29(57)44-17-23-18-45-37(46-19-23)53-10-12-54(13-11-53)38-47-20-25(32(39)51-38)35(58)43-8-15-60-14-6-28(56)42-7-2-3-9-55-34-30(33(40)48-22-49-34)31(52-55)24-4-5-27-26(16-24)50-36(41)61-27/h4-5,16,18-20,22H,2-3,6-15,17,21H2,1H3,(H2,41,50)(H,42,56)(H,43,58)(H,44,57)(H2,39,47,51)(H2,40,48,49). The number of amides is 3. The minimum absolute atomic E-state index is 0.00721. The predicted octanol–water partition coefficient (Wildman–Crippen LogP) is 0.283. The Hall–Kier alpha value is -7.27. The van der Waals surface area contributed by atoms with E-state index in [1.807, 2.05) is 21.9 Å². The molecule has 9 N–H and O–H groups in total. The van der Waals surface area contributed by atoms with Gasteiger partial charge in [-0.25, -0.2) is 29.6 Å². The number of carbonyl (C=O) groups is 3. The van der Waals surface area contributed by atoms with Gasteiger partial charge in [0.05, 0.1) is 24.2 Å². The number of nitrogens with one attached hydrogen (secondary N) is 3. The molecule has 1 aliphatic heterocycles. The maximum atomic E-state index is 12.8. The van der Waals surface area contributed by atoms with Crippen LogP contribution in [0.3, 0.4) is 0 Å². The highest BCUT2D eigenvalue weighted by Crippen LogP contribution is 2.32. The van der Waals surface area contributed by atoms with Crippen LogP contribution in [0.25, 0.3) is 33.4 Å². The highest BCUT2D eigenvalue weighted by atomic mass is 16.5. The Bertz CT molecular complexity index is 2470. The number of benzene rings is 1. The largest absolute Gasteiger partial charge is 0.424 e. The Labute approximate surface area is 348 Å². The number of aryl methyl sites for hydroxylation is 1. The summed E-state index contributed by atoms with van der Waals surface area (Å²) in [5.74, 6) is 0.599. The van der Waals surface area contributed by atoms with Crippen molar-refractivity contribution in [3.63, 3.8) is 0 Å². The molecule has 0 aliphatic carbocycles. The zero-order valence-corrected chi connectivity index (χ0v) is 33.5. The Morgan fingerprint density at radius 3 is 2.36 bits per heavy atom. The van der Waals surface area contributed by atoms with E-state index in [0.29, 0.717) is 97.8 Å². The molecule has 5 aromatic heterocycles. The van der Waals surface area contributed by atoms with E-state index < -0.39 is 5.91 Å². The van der Waals surface area contributed by atoms with Crippen molar-refractivity contribution in [2.24, 2.45) is 0 Å². The second-order valence-corrected chi connectivity index (χ2v) is 14.0. The number of nitrogens with two attached hydrogens (primary N) is 3. The number of nitrogens with zero attached hydrogens (tertiary/aromatic N) is 11. The third kappa shape index (κ3) is 10.5. The van der Waals surface area contributed by atoms with Crippen LogP contribution < -0.4 is 43.0 Å². The van der Waals surface area contributed by atoms with Crippen LogP contribution in [0.2, 0.25) is 0 Å². The number of carbonyl (C=O) groups excluding carboxylic acids is 3. The number of oxazole rings is 1. The average Bonchev–Trinajstić information content (AvgIpc) is 3.84. The molecule has 1 saturated heterocycles. The van der Waals surface area contributed by atoms with E-state index in [-0.39, 0.29) is 62.0 Å². The molecule has 1 aliphatic rings. The first kappa shape index (κ1) is 41.9. The number of hydrogen-bond acceptors (Lipinski definition) is 19. The van der Waals surface area contributed by atoms with Gasteiger partial charge in [-0.15, -0.1) is 0 Å². The molecular formula is C38H47N17O6. The van der Waals surface area contributed by atoms with E-state index in [0.717, 1.165) is 17.5 Å². The van der Waals surface area contributed by atoms with Gasteiger partial charge in [-0.3, -0.25) is 14.4 Å². The summed E-state index contributed by atoms with van der Waals surface area (Å²) in [6, 6.07) is 5.55. The predicted molar refractivity (Wildman–Crippen MR) is 224 cm³/mol. The summed E-state index contributed by atoms with van der Waals surface area (Å²) in [6.45, 7) is 4.37. The van der Waals surface area contributed by atoms with Gasteiger partial charge in [0, 0.05) is 95.6 Å². The number of aromatic nitrogens is 9. The molecule has 1 fully saturated rings. The van der Waals surface area contributed by atoms with Crippen LogP contribution in [0.5, 0.6) is 0 Å². The van der Waals surface area contributed by atoms with E-state index in [1.54, 1.807) is 23.1 Å². The SMILES string of the molecule is COCC(=O)NCc1cnc(N2CCN(c3ncc(C(=O)NCCOCCC(=O)NCCCCn4nc(-c5ccc6oc(N)nc6c5)c5c(N)ncnc54)c(N)n3)CC2)nc1. The topological polar surface area (TPSA) is 311 Å². The highest BCUT2D eigenvalue weighted by molar-refractivity contribution is 5.99. The summed E-state index contributed by atoms with van der Waals surface area (Å²) < 4.78 is 17.6. The fourth-order valence-electron chi connectivity index (χ4n) is 6.59. The lowest BCUT2D eigenvalue weighted by atomic mass is 10.1.